The SMILES string of the molecule is C[C@H]1[C@@H]2[C@@H](O)[C@@H]([C@H](C)C(=O)N(C)Cc3ccccc3)CC[C@@]2(C)CC[C@@H]1NC(=O)c1ccc(C#N)cc1. The lowest BCUT2D eigenvalue weighted by Gasteiger charge is -2.56. The Morgan fingerprint density at radius 1 is 1.14 bits per heavy atom. The highest BCUT2D eigenvalue weighted by Crippen LogP contribution is 2.55. The molecule has 0 saturated heterocycles. The third-order valence-corrected chi connectivity index (χ3v) is 9.15. The van der Waals surface area contributed by atoms with Crippen LogP contribution in [0.4, 0.5) is 0 Å². The van der Waals surface area contributed by atoms with Crippen molar-refractivity contribution in [2.75, 3.05) is 7.05 Å². The Morgan fingerprint density at radius 2 is 1.78 bits per heavy atom. The first kappa shape index (κ1) is 26.9. The van der Waals surface area contributed by atoms with E-state index in [1.807, 2.05) is 44.3 Å². The first-order valence-electron chi connectivity index (χ1n) is 13.4. The normalized spacial score (nSPS) is 29.9. The molecule has 2 N–H and O–H groups in total. The van der Waals surface area contributed by atoms with Crippen LogP contribution in [0.3, 0.4) is 0 Å². The van der Waals surface area contributed by atoms with Gasteiger partial charge in [-0.1, -0.05) is 51.1 Å². The molecule has 196 valence electrons. The molecule has 6 nitrogen and oxygen atoms in total. The first-order valence-corrected chi connectivity index (χ1v) is 13.4. The number of hydrogen-bond donors (Lipinski definition) is 2. The van der Waals surface area contributed by atoms with Crippen LogP contribution in [0.15, 0.2) is 54.6 Å². The van der Waals surface area contributed by atoms with Crippen molar-refractivity contribution in [3.63, 3.8) is 0 Å². The monoisotopic (exact) mass is 501 g/mol. The van der Waals surface area contributed by atoms with Gasteiger partial charge in [-0.3, -0.25) is 9.59 Å². The zero-order valence-corrected chi connectivity index (χ0v) is 22.4. The van der Waals surface area contributed by atoms with Crippen molar-refractivity contribution in [3.05, 3.63) is 71.3 Å². The summed E-state index contributed by atoms with van der Waals surface area (Å²) >= 11 is 0. The van der Waals surface area contributed by atoms with Crippen LogP contribution in [0.5, 0.6) is 0 Å². The van der Waals surface area contributed by atoms with E-state index in [2.05, 4.69) is 25.2 Å². The number of aliphatic hydroxyl groups is 1. The molecular weight excluding hydrogens is 462 g/mol. The van der Waals surface area contributed by atoms with Crippen LogP contribution in [0.25, 0.3) is 0 Å². The quantitative estimate of drug-likeness (QED) is 0.596. The van der Waals surface area contributed by atoms with E-state index in [1.54, 1.807) is 29.2 Å². The molecule has 7 atom stereocenters. The van der Waals surface area contributed by atoms with Crippen LogP contribution in [0.1, 0.15) is 67.9 Å². The third-order valence-electron chi connectivity index (χ3n) is 9.15. The number of nitrogens with zero attached hydrogens (tertiary/aromatic N) is 2. The zero-order valence-electron chi connectivity index (χ0n) is 22.4. The predicted octanol–water partition coefficient (Wildman–Crippen LogP) is 4.77. The summed E-state index contributed by atoms with van der Waals surface area (Å²) in [6, 6.07) is 18.6. The molecule has 0 heterocycles. The average molecular weight is 502 g/mol. The van der Waals surface area contributed by atoms with Crippen molar-refractivity contribution in [1.82, 2.24) is 10.2 Å². The van der Waals surface area contributed by atoms with Crippen molar-refractivity contribution >= 4 is 11.8 Å². The molecule has 2 aromatic carbocycles. The topological polar surface area (TPSA) is 93.4 Å². The molecule has 2 amide bonds. The van der Waals surface area contributed by atoms with E-state index in [-0.39, 0.29) is 46.9 Å². The number of nitriles is 1. The van der Waals surface area contributed by atoms with Crippen LogP contribution in [0, 0.1) is 40.4 Å². The minimum absolute atomic E-state index is 0.000874. The van der Waals surface area contributed by atoms with Gasteiger partial charge in [0, 0.05) is 31.1 Å². The maximum absolute atomic E-state index is 13.4. The van der Waals surface area contributed by atoms with E-state index in [9.17, 15) is 14.7 Å². The Bertz CT molecular complexity index is 1140. The van der Waals surface area contributed by atoms with Crippen molar-refractivity contribution in [2.45, 2.75) is 65.1 Å². The lowest BCUT2D eigenvalue weighted by Crippen LogP contribution is -2.58. The molecule has 4 rings (SSSR count). The molecule has 0 unspecified atom stereocenters. The smallest absolute Gasteiger partial charge is 0.251 e. The minimum Gasteiger partial charge on any atom is -0.392 e. The standard InChI is InChI=1S/C31H39N3O3/c1-20(30(37)34(4)19-23-8-6-5-7-9-23)25-14-16-31(3)17-15-26(21(2)27(31)28(25)35)33-29(36)24-12-10-22(18-32)11-13-24/h5-13,20-21,25-28,35H,14-17,19H2,1-4H3,(H,33,36)/t20-,21+,25+,26-,27+,28-,31-/m0/s1. The first-order chi connectivity index (χ1) is 17.6. The fraction of sp³-hybridized carbons (Fsp3) is 0.516. The lowest BCUT2D eigenvalue weighted by atomic mass is 9.51. The number of hydrogen-bond acceptors (Lipinski definition) is 4. The number of aliphatic hydroxyl groups excluding tert-OH is 1. The second kappa shape index (κ2) is 11.1. The van der Waals surface area contributed by atoms with Crippen molar-refractivity contribution in [3.8, 4) is 6.07 Å². The molecule has 2 aromatic rings. The van der Waals surface area contributed by atoms with Gasteiger partial charge in [0.1, 0.15) is 0 Å². The van der Waals surface area contributed by atoms with Crippen molar-refractivity contribution in [1.29, 1.82) is 5.26 Å². The van der Waals surface area contributed by atoms with Gasteiger partial charge in [-0.2, -0.15) is 5.26 Å². The van der Waals surface area contributed by atoms with Gasteiger partial charge in [-0.15, -0.1) is 0 Å². The second-order valence-corrected chi connectivity index (χ2v) is 11.5. The molecule has 2 aliphatic rings. The number of carbonyl (C=O) groups excluding carboxylic acids is 2. The van der Waals surface area contributed by atoms with Gasteiger partial charge >= 0.3 is 0 Å². The summed E-state index contributed by atoms with van der Waals surface area (Å²) in [6.07, 6.45) is 2.99. The number of rotatable bonds is 6. The number of carbonyl (C=O) groups is 2. The Kier molecular flexibility index (Phi) is 8.04. The second-order valence-electron chi connectivity index (χ2n) is 11.5. The molecule has 2 saturated carbocycles. The van der Waals surface area contributed by atoms with Gasteiger partial charge in [-0.25, -0.2) is 0 Å². The molecule has 0 aliphatic heterocycles. The van der Waals surface area contributed by atoms with E-state index >= 15 is 0 Å². The van der Waals surface area contributed by atoms with E-state index in [4.69, 9.17) is 5.26 Å². The van der Waals surface area contributed by atoms with Gasteiger partial charge < -0.3 is 15.3 Å². The molecule has 0 spiro atoms. The maximum Gasteiger partial charge on any atom is 0.251 e. The van der Waals surface area contributed by atoms with Crippen LogP contribution >= 0.6 is 0 Å². The van der Waals surface area contributed by atoms with E-state index in [0.29, 0.717) is 17.7 Å². The van der Waals surface area contributed by atoms with Gasteiger partial charge in [0.15, 0.2) is 0 Å². The summed E-state index contributed by atoms with van der Waals surface area (Å²) in [4.78, 5) is 28.1. The minimum atomic E-state index is -0.604. The molecule has 0 radical (unpaired) electrons. The van der Waals surface area contributed by atoms with Crippen LogP contribution in [-0.2, 0) is 11.3 Å². The average Bonchev–Trinajstić information content (AvgIpc) is 2.90. The fourth-order valence-electron chi connectivity index (χ4n) is 6.91. The number of fused-ring (bicyclic) bond motifs is 1. The summed E-state index contributed by atoms with van der Waals surface area (Å²) in [6.45, 7) is 6.90. The summed E-state index contributed by atoms with van der Waals surface area (Å²) in [5.41, 5.74) is 2.13. The molecular formula is C31H39N3O3. The molecule has 2 fully saturated rings. The number of nitrogens with one attached hydrogen (secondary N) is 1. The lowest BCUT2D eigenvalue weighted by molar-refractivity contribution is -0.149. The number of amides is 2. The Balaban J connectivity index is 1.44. The van der Waals surface area contributed by atoms with E-state index < -0.39 is 6.10 Å². The van der Waals surface area contributed by atoms with E-state index in [0.717, 1.165) is 31.2 Å². The highest BCUT2D eigenvalue weighted by atomic mass is 16.3. The fourth-order valence-corrected chi connectivity index (χ4v) is 6.91. The Morgan fingerprint density at radius 3 is 2.43 bits per heavy atom. The summed E-state index contributed by atoms with van der Waals surface area (Å²) in [5.74, 6) is -0.416. The van der Waals surface area contributed by atoms with E-state index in [1.165, 1.54) is 0 Å². The van der Waals surface area contributed by atoms with Crippen LogP contribution in [-0.4, -0.2) is 41.0 Å². The Hall–Kier alpha value is -3.17. The molecule has 6 heteroatoms. The van der Waals surface area contributed by atoms with Gasteiger partial charge in [0.2, 0.25) is 5.91 Å². The van der Waals surface area contributed by atoms with Gasteiger partial charge in [0.25, 0.3) is 5.91 Å². The highest BCUT2D eigenvalue weighted by Gasteiger charge is 2.54. The highest BCUT2D eigenvalue weighted by molar-refractivity contribution is 5.94. The number of benzene rings is 2. The maximum atomic E-state index is 13.4. The van der Waals surface area contributed by atoms with Gasteiger partial charge in [0.05, 0.1) is 17.7 Å². The third kappa shape index (κ3) is 5.57. The summed E-state index contributed by atoms with van der Waals surface area (Å²) < 4.78 is 0. The molecule has 2 aliphatic carbocycles. The summed E-state index contributed by atoms with van der Waals surface area (Å²) in [5, 5.41) is 23.9. The summed E-state index contributed by atoms with van der Waals surface area (Å²) in [7, 11) is 1.84. The largest absolute Gasteiger partial charge is 0.392 e. The van der Waals surface area contributed by atoms with Crippen molar-refractivity contribution < 1.29 is 14.7 Å². The van der Waals surface area contributed by atoms with Gasteiger partial charge in [-0.05, 0) is 78.7 Å². The zero-order chi connectivity index (χ0) is 26.7. The van der Waals surface area contributed by atoms with Crippen LogP contribution in [0.2, 0.25) is 0 Å². The van der Waals surface area contributed by atoms with Crippen molar-refractivity contribution in [2.24, 2.45) is 29.1 Å². The molecule has 0 bridgehead atoms. The predicted molar refractivity (Wildman–Crippen MR) is 143 cm³/mol. The Labute approximate surface area is 220 Å². The molecule has 37 heavy (non-hydrogen) atoms. The van der Waals surface area contributed by atoms with Crippen LogP contribution < -0.4 is 5.32 Å². The molecule has 0 aromatic heterocycles.